The Hall–Kier alpha value is -1.62. The minimum atomic E-state index is -0.219. The van der Waals surface area contributed by atoms with Crippen LogP contribution in [-0.4, -0.2) is 26.9 Å². The lowest BCUT2D eigenvalue weighted by Crippen LogP contribution is -2.41. The van der Waals surface area contributed by atoms with Crippen LogP contribution in [0, 0.1) is 5.92 Å². The van der Waals surface area contributed by atoms with Crippen molar-refractivity contribution in [1.82, 2.24) is 15.1 Å². The van der Waals surface area contributed by atoms with Crippen molar-refractivity contribution in [3.63, 3.8) is 0 Å². The second-order valence-corrected chi connectivity index (χ2v) is 6.31. The predicted octanol–water partition coefficient (Wildman–Crippen LogP) is 1.85. The van der Waals surface area contributed by atoms with E-state index in [1.807, 2.05) is 19.4 Å². The zero-order chi connectivity index (χ0) is 14.8. The van der Waals surface area contributed by atoms with Gasteiger partial charge in [0.15, 0.2) is 0 Å². The molecule has 5 heteroatoms. The summed E-state index contributed by atoms with van der Waals surface area (Å²) in [5.74, 6) is 0.393. The summed E-state index contributed by atoms with van der Waals surface area (Å²) < 4.78 is 1.75. The standard InChI is InChI=1S/C16H23N3O2/c1-19-10-13(9-17-19)16(12-7-14(20)8-12)18-15(21)6-11-4-2-3-5-11/h4,9-10,12,14,16,20H,2-3,5-8H2,1H3,(H,18,21)/t12?,14?,16-/m0/s1. The molecule has 1 aromatic heterocycles. The van der Waals surface area contributed by atoms with Crippen LogP contribution in [-0.2, 0) is 11.8 Å². The van der Waals surface area contributed by atoms with Gasteiger partial charge < -0.3 is 10.4 Å². The number of carbonyl (C=O) groups excluding carboxylic acids is 1. The number of allylic oxidation sites excluding steroid dienone is 1. The Morgan fingerprint density at radius 2 is 2.38 bits per heavy atom. The van der Waals surface area contributed by atoms with Gasteiger partial charge in [-0.15, -0.1) is 0 Å². The van der Waals surface area contributed by atoms with Crippen molar-refractivity contribution >= 4 is 5.91 Å². The average molecular weight is 289 g/mol. The highest BCUT2D eigenvalue weighted by atomic mass is 16.3. The normalized spacial score (nSPS) is 26.1. The minimum absolute atomic E-state index is 0.0309. The molecule has 0 unspecified atom stereocenters. The molecule has 0 saturated heterocycles. The summed E-state index contributed by atoms with van der Waals surface area (Å²) in [4.78, 5) is 12.3. The Labute approximate surface area is 125 Å². The molecule has 2 aliphatic carbocycles. The first-order valence-electron chi connectivity index (χ1n) is 7.75. The Bertz CT molecular complexity index is 543. The van der Waals surface area contributed by atoms with Crippen molar-refractivity contribution < 1.29 is 9.90 Å². The first-order valence-corrected chi connectivity index (χ1v) is 7.75. The van der Waals surface area contributed by atoms with Crippen LogP contribution < -0.4 is 5.32 Å². The Balaban J connectivity index is 1.65. The molecule has 3 rings (SSSR count). The van der Waals surface area contributed by atoms with Crippen LogP contribution >= 0.6 is 0 Å². The van der Waals surface area contributed by atoms with Gasteiger partial charge in [-0.2, -0.15) is 5.10 Å². The van der Waals surface area contributed by atoms with Crippen molar-refractivity contribution in [2.75, 3.05) is 0 Å². The van der Waals surface area contributed by atoms with Gasteiger partial charge in [-0.05, 0) is 38.0 Å². The van der Waals surface area contributed by atoms with Gasteiger partial charge in [0.25, 0.3) is 0 Å². The second kappa shape index (κ2) is 6.02. The topological polar surface area (TPSA) is 67.2 Å². The maximum atomic E-state index is 12.3. The fourth-order valence-corrected chi connectivity index (χ4v) is 3.30. The van der Waals surface area contributed by atoms with Crippen LogP contribution in [0.15, 0.2) is 24.0 Å². The number of hydrogen-bond acceptors (Lipinski definition) is 3. The number of aromatic nitrogens is 2. The van der Waals surface area contributed by atoms with E-state index in [0.29, 0.717) is 12.3 Å². The smallest absolute Gasteiger partial charge is 0.224 e. The average Bonchev–Trinajstić information content (AvgIpc) is 3.04. The number of carbonyl (C=O) groups is 1. The van der Waals surface area contributed by atoms with Gasteiger partial charge in [-0.1, -0.05) is 11.6 Å². The molecule has 1 amide bonds. The molecule has 0 bridgehead atoms. The molecule has 114 valence electrons. The Morgan fingerprint density at radius 1 is 1.57 bits per heavy atom. The van der Waals surface area contributed by atoms with E-state index < -0.39 is 0 Å². The van der Waals surface area contributed by atoms with Crippen molar-refractivity contribution in [1.29, 1.82) is 0 Å². The summed E-state index contributed by atoms with van der Waals surface area (Å²) in [5.41, 5.74) is 2.29. The van der Waals surface area contributed by atoms with Crippen LogP contribution in [0.3, 0.4) is 0 Å². The van der Waals surface area contributed by atoms with E-state index in [1.54, 1.807) is 4.68 Å². The van der Waals surface area contributed by atoms with Gasteiger partial charge in [0.05, 0.1) is 18.3 Å². The summed E-state index contributed by atoms with van der Waals surface area (Å²) in [6.45, 7) is 0. The number of hydrogen-bond donors (Lipinski definition) is 2. The molecule has 1 fully saturated rings. The highest BCUT2D eigenvalue weighted by molar-refractivity contribution is 5.79. The number of aliphatic hydroxyl groups excluding tert-OH is 1. The number of rotatable bonds is 5. The highest BCUT2D eigenvalue weighted by Gasteiger charge is 2.36. The first kappa shape index (κ1) is 14.3. The fraction of sp³-hybridized carbons (Fsp3) is 0.625. The van der Waals surface area contributed by atoms with E-state index in [4.69, 9.17) is 0 Å². The van der Waals surface area contributed by atoms with Crippen LogP contribution in [0.4, 0.5) is 0 Å². The highest BCUT2D eigenvalue weighted by Crippen LogP contribution is 2.38. The summed E-state index contributed by atoms with van der Waals surface area (Å²) in [6, 6.07) is -0.0309. The number of aryl methyl sites for hydroxylation is 1. The van der Waals surface area contributed by atoms with E-state index >= 15 is 0 Å². The van der Waals surface area contributed by atoms with E-state index in [2.05, 4.69) is 16.5 Å². The van der Waals surface area contributed by atoms with Gasteiger partial charge in [0, 0.05) is 25.2 Å². The van der Waals surface area contributed by atoms with E-state index in [0.717, 1.165) is 31.2 Å². The molecule has 5 nitrogen and oxygen atoms in total. The molecule has 2 N–H and O–H groups in total. The number of aliphatic hydroxyl groups is 1. The molecule has 21 heavy (non-hydrogen) atoms. The zero-order valence-corrected chi connectivity index (χ0v) is 12.5. The van der Waals surface area contributed by atoms with Crippen molar-refractivity contribution in [2.45, 2.75) is 50.7 Å². The molecule has 1 heterocycles. The van der Waals surface area contributed by atoms with Crippen LogP contribution in [0.1, 0.15) is 50.1 Å². The molecule has 1 aromatic rings. The quantitative estimate of drug-likeness (QED) is 0.813. The maximum Gasteiger partial charge on any atom is 0.224 e. The lowest BCUT2D eigenvalue weighted by Gasteiger charge is -2.37. The van der Waals surface area contributed by atoms with Crippen molar-refractivity contribution in [3.8, 4) is 0 Å². The van der Waals surface area contributed by atoms with E-state index in [-0.39, 0.29) is 18.1 Å². The summed E-state index contributed by atoms with van der Waals surface area (Å²) in [5, 5.41) is 16.9. The Kier molecular flexibility index (Phi) is 4.10. The molecule has 1 saturated carbocycles. The third kappa shape index (κ3) is 3.35. The van der Waals surface area contributed by atoms with Crippen LogP contribution in [0.5, 0.6) is 0 Å². The van der Waals surface area contributed by atoms with Crippen LogP contribution in [0.2, 0.25) is 0 Å². The van der Waals surface area contributed by atoms with Gasteiger partial charge >= 0.3 is 0 Å². The molecular weight excluding hydrogens is 266 g/mol. The number of nitrogens with one attached hydrogen (secondary N) is 1. The summed E-state index contributed by atoms with van der Waals surface area (Å²) in [7, 11) is 1.88. The third-order valence-electron chi connectivity index (χ3n) is 4.54. The van der Waals surface area contributed by atoms with Gasteiger partial charge in [0.1, 0.15) is 0 Å². The monoisotopic (exact) mass is 289 g/mol. The lowest BCUT2D eigenvalue weighted by molar-refractivity contribution is -0.122. The number of nitrogens with zero attached hydrogens (tertiary/aromatic N) is 2. The largest absolute Gasteiger partial charge is 0.393 e. The molecular formula is C16H23N3O2. The molecule has 0 radical (unpaired) electrons. The zero-order valence-electron chi connectivity index (χ0n) is 12.5. The predicted molar refractivity (Wildman–Crippen MR) is 79.4 cm³/mol. The lowest BCUT2D eigenvalue weighted by atomic mass is 9.75. The second-order valence-electron chi connectivity index (χ2n) is 6.31. The van der Waals surface area contributed by atoms with Crippen molar-refractivity contribution in [3.05, 3.63) is 29.6 Å². The third-order valence-corrected chi connectivity index (χ3v) is 4.54. The van der Waals surface area contributed by atoms with E-state index in [1.165, 1.54) is 12.0 Å². The summed E-state index contributed by atoms with van der Waals surface area (Å²) >= 11 is 0. The van der Waals surface area contributed by atoms with Gasteiger partial charge in [-0.25, -0.2) is 0 Å². The molecule has 0 aromatic carbocycles. The van der Waals surface area contributed by atoms with Gasteiger partial charge in [0.2, 0.25) is 5.91 Å². The maximum absolute atomic E-state index is 12.3. The molecule has 0 aliphatic heterocycles. The first-order chi connectivity index (χ1) is 10.1. The van der Waals surface area contributed by atoms with Gasteiger partial charge in [-0.3, -0.25) is 9.48 Å². The SMILES string of the molecule is Cn1cc([C@@H](NC(=O)CC2=CCCC2)C2CC(O)C2)cn1. The Morgan fingerprint density at radius 3 is 2.95 bits per heavy atom. The minimum Gasteiger partial charge on any atom is -0.393 e. The van der Waals surface area contributed by atoms with E-state index in [9.17, 15) is 9.90 Å². The fourth-order valence-electron chi connectivity index (χ4n) is 3.30. The molecule has 1 atom stereocenters. The van der Waals surface area contributed by atoms with Crippen LogP contribution in [0.25, 0.3) is 0 Å². The van der Waals surface area contributed by atoms with Crippen molar-refractivity contribution in [2.24, 2.45) is 13.0 Å². The molecule has 2 aliphatic rings. The number of amides is 1. The molecule has 0 spiro atoms. The summed E-state index contributed by atoms with van der Waals surface area (Å²) in [6.07, 6.45) is 11.1.